The number of nitrogens with zero attached hydrogens (tertiary/aromatic N) is 1. The molecule has 0 aliphatic carbocycles. The van der Waals surface area contributed by atoms with Crippen LogP contribution in [0.2, 0.25) is 5.02 Å². The second kappa shape index (κ2) is 5.35. The molecule has 0 amide bonds. The highest BCUT2D eigenvalue weighted by molar-refractivity contribution is 6.31. The smallest absolute Gasteiger partial charge is 0.0737 e. The Morgan fingerprint density at radius 2 is 2.32 bits per heavy atom. The lowest BCUT2D eigenvalue weighted by molar-refractivity contribution is 0.108. The summed E-state index contributed by atoms with van der Waals surface area (Å²) >= 11 is 5.99. The molecule has 1 N–H and O–H groups in total. The van der Waals surface area contributed by atoms with E-state index < -0.39 is 0 Å². The van der Waals surface area contributed by atoms with E-state index in [-0.39, 0.29) is 0 Å². The van der Waals surface area contributed by atoms with Gasteiger partial charge in [0, 0.05) is 41.4 Å². The number of hydrogen-bond acceptors (Lipinski definition) is 3. The minimum atomic E-state index is 0.343. The van der Waals surface area contributed by atoms with E-state index >= 15 is 0 Å². The van der Waals surface area contributed by atoms with E-state index in [4.69, 9.17) is 16.3 Å². The topological polar surface area (TPSA) is 34.1 Å². The summed E-state index contributed by atoms with van der Waals surface area (Å²) < 4.78 is 5.59. The van der Waals surface area contributed by atoms with Crippen molar-refractivity contribution in [1.29, 1.82) is 0 Å². The number of benzene rings is 1. The summed E-state index contributed by atoms with van der Waals surface area (Å²) in [5.41, 5.74) is 2.04. The average molecular weight is 277 g/mol. The molecule has 0 spiro atoms. The summed E-state index contributed by atoms with van der Waals surface area (Å²) in [6.07, 6.45) is 3.29. The van der Waals surface area contributed by atoms with Gasteiger partial charge < -0.3 is 10.1 Å². The number of rotatable bonds is 3. The Hall–Kier alpha value is -1.32. The molecule has 0 radical (unpaired) electrons. The molecule has 2 unspecified atom stereocenters. The monoisotopic (exact) mass is 276 g/mol. The number of anilines is 1. The molecule has 0 bridgehead atoms. The molecule has 1 aliphatic rings. The molecule has 1 fully saturated rings. The summed E-state index contributed by atoms with van der Waals surface area (Å²) in [7, 11) is 0. The number of ether oxygens (including phenoxy) is 1. The number of pyridine rings is 1. The second-order valence-corrected chi connectivity index (χ2v) is 5.46. The Kier molecular flexibility index (Phi) is 3.58. The quantitative estimate of drug-likeness (QED) is 0.928. The van der Waals surface area contributed by atoms with E-state index in [1.54, 1.807) is 0 Å². The summed E-state index contributed by atoms with van der Waals surface area (Å²) in [6.45, 7) is 3.95. The lowest BCUT2D eigenvalue weighted by atomic mass is 10.0. The highest BCUT2D eigenvalue weighted by Crippen LogP contribution is 2.26. The number of fused-ring (bicyclic) bond motifs is 1. The van der Waals surface area contributed by atoms with Crippen molar-refractivity contribution in [3.8, 4) is 0 Å². The Morgan fingerprint density at radius 1 is 1.42 bits per heavy atom. The van der Waals surface area contributed by atoms with Crippen molar-refractivity contribution in [3.05, 3.63) is 35.5 Å². The van der Waals surface area contributed by atoms with Crippen LogP contribution in [0.15, 0.2) is 30.5 Å². The van der Waals surface area contributed by atoms with Crippen LogP contribution >= 0.6 is 11.6 Å². The first kappa shape index (κ1) is 12.7. The van der Waals surface area contributed by atoms with Gasteiger partial charge in [-0.3, -0.25) is 4.98 Å². The minimum absolute atomic E-state index is 0.343. The fourth-order valence-corrected chi connectivity index (χ4v) is 2.73. The fourth-order valence-electron chi connectivity index (χ4n) is 2.56. The van der Waals surface area contributed by atoms with E-state index in [0.717, 1.165) is 41.2 Å². The third kappa shape index (κ3) is 2.67. The van der Waals surface area contributed by atoms with Crippen molar-refractivity contribution in [2.45, 2.75) is 19.4 Å². The van der Waals surface area contributed by atoms with Gasteiger partial charge in [0.1, 0.15) is 0 Å². The average Bonchev–Trinajstić information content (AvgIpc) is 2.81. The van der Waals surface area contributed by atoms with Crippen molar-refractivity contribution < 1.29 is 4.74 Å². The normalized spacial score (nSPS) is 22.8. The number of hydrogen-bond donors (Lipinski definition) is 1. The lowest BCUT2D eigenvalue weighted by Gasteiger charge is -2.16. The molecule has 3 nitrogen and oxygen atoms in total. The molecule has 1 aromatic carbocycles. The maximum Gasteiger partial charge on any atom is 0.0737 e. The molecule has 4 heteroatoms. The van der Waals surface area contributed by atoms with Crippen LogP contribution in [0.3, 0.4) is 0 Å². The Morgan fingerprint density at radius 3 is 3.11 bits per heavy atom. The van der Waals surface area contributed by atoms with Gasteiger partial charge in [0.2, 0.25) is 0 Å². The number of nitrogens with one attached hydrogen (secondary N) is 1. The highest BCUT2D eigenvalue weighted by atomic mass is 35.5. The molecule has 1 aliphatic heterocycles. The van der Waals surface area contributed by atoms with E-state index in [9.17, 15) is 0 Å². The Bertz CT molecular complexity index is 587. The molecule has 100 valence electrons. The van der Waals surface area contributed by atoms with Crippen molar-refractivity contribution in [3.63, 3.8) is 0 Å². The van der Waals surface area contributed by atoms with Gasteiger partial charge in [-0.1, -0.05) is 11.6 Å². The molecule has 2 atom stereocenters. The predicted molar refractivity (Wildman–Crippen MR) is 78.8 cm³/mol. The molecular formula is C15H17ClN2O. The summed E-state index contributed by atoms with van der Waals surface area (Å²) in [4.78, 5) is 4.35. The maximum absolute atomic E-state index is 5.99. The van der Waals surface area contributed by atoms with Crippen LogP contribution in [0.4, 0.5) is 5.69 Å². The number of halogens is 1. The van der Waals surface area contributed by atoms with Crippen molar-refractivity contribution in [2.24, 2.45) is 5.92 Å². The molecule has 2 aromatic rings. The van der Waals surface area contributed by atoms with Crippen LogP contribution in [-0.2, 0) is 4.74 Å². The van der Waals surface area contributed by atoms with Gasteiger partial charge in [-0.15, -0.1) is 0 Å². The zero-order chi connectivity index (χ0) is 13.2. The second-order valence-electron chi connectivity index (χ2n) is 5.03. The van der Waals surface area contributed by atoms with E-state index in [1.165, 1.54) is 0 Å². The van der Waals surface area contributed by atoms with Gasteiger partial charge in [0.05, 0.1) is 11.6 Å². The molecule has 2 heterocycles. The first-order valence-electron chi connectivity index (χ1n) is 6.64. The van der Waals surface area contributed by atoms with Gasteiger partial charge in [-0.25, -0.2) is 0 Å². The zero-order valence-electron chi connectivity index (χ0n) is 10.9. The third-order valence-corrected chi connectivity index (χ3v) is 4.03. The van der Waals surface area contributed by atoms with Gasteiger partial charge in [0.25, 0.3) is 0 Å². The van der Waals surface area contributed by atoms with E-state index in [2.05, 4.69) is 17.2 Å². The summed E-state index contributed by atoms with van der Waals surface area (Å²) in [6, 6.07) is 7.82. The van der Waals surface area contributed by atoms with Crippen LogP contribution in [-0.4, -0.2) is 24.2 Å². The van der Waals surface area contributed by atoms with Crippen LogP contribution in [0.25, 0.3) is 10.9 Å². The van der Waals surface area contributed by atoms with Gasteiger partial charge >= 0.3 is 0 Å². The largest absolute Gasteiger partial charge is 0.384 e. The Balaban J connectivity index is 1.81. The molecule has 0 saturated carbocycles. The van der Waals surface area contributed by atoms with Gasteiger partial charge in [0.15, 0.2) is 0 Å². The highest BCUT2D eigenvalue weighted by Gasteiger charge is 2.23. The van der Waals surface area contributed by atoms with Gasteiger partial charge in [-0.2, -0.15) is 0 Å². The molecule has 3 rings (SSSR count). The van der Waals surface area contributed by atoms with Crippen LogP contribution in [0.1, 0.15) is 13.3 Å². The summed E-state index contributed by atoms with van der Waals surface area (Å²) in [5.74, 6) is 0.579. The SMILES string of the molecule is CC1OCCC1CNc1ccnc2cc(Cl)ccc12. The third-order valence-electron chi connectivity index (χ3n) is 3.79. The predicted octanol–water partition coefficient (Wildman–Crippen LogP) is 3.73. The summed E-state index contributed by atoms with van der Waals surface area (Å²) in [5, 5.41) is 5.34. The lowest BCUT2D eigenvalue weighted by Crippen LogP contribution is -2.20. The standard InChI is InChI=1S/C15H17ClN2O/c1-10-11(5-7-19-10)9-18-14-4-6-17-15-8-12(16)2-3-13(14)15/h2-4,6,8,10-11H,5,7,9H2,1H3,(H,17,18). The fraction of sp³-hybridized carbons (Fsp3) is 0.400. The van der Waals surface area contributed by atoms with Crippen molar-refractivity contribution in [2.75, 3.05) is 18.5 Å². The van der Waals surface area contributed by atoms with Crippen LogP contribution in [0.5, 0.6) is 0 Å². The molecular weight excluding hydrogens is 260 g/mol. The van der Waals surface area contributed by atoms with E-state index in [1.807, 2.05) is 30.5 Å². The molecule has 1 saturated heterocycles. The minimum Gasteiger partial charge on any atom is -0.384 e. The van der Waals surface area contributed by atoms with Crippen molar-refractivity contribution >= 4 is 28.2 Å². The number of aromatic nitrogens is 1. The first-order chi connectivity index (χ1) is 9.24. The van der Waals surface area contributed by atoms with Crippen LogP contribution in [0, 0.1) is 5.92 Å². The van der Waals surface area contributed by atoms with Gasteiger partial charge in [-0.05, 0) is 37.6 Å². The van der Waals surface area contributed by atoms with Crippen molar-refractivity contribution in [1.82, 2.24) is 4.98 Å². The first-order valence-corrected chi connectivity index (χ1v) is 7.01. The maximum atomic E-state index is 5.99. The molecule has 19 heavy (non-hydrogen) atoms. The zero-order valence-corrected chi connectivity index (χ0v) is 11.7. The van der Waals surface area contributed by atoms with E-state index in [0.29, 0.717) is 12.0 Å². The molecule has 1 aromatic heterocycles. The van der Waals surface area contributed by atoms with Crippen LogP contribution < -0.4 is 5.32 Å². The Labute approximate surface area is 117 Å².